The zero-order valence-electron chi connectivity index (χ0n) is 18.9. The lowest BCUT2D eigenvalue weighted by atomic mass is 10.2. The lowest BCUT2D eigenvalue weighted by Crippen LogP contribution is -2.34. The number of thiazole rings is 1. The number of ether oxygens (including phenoxy) is 3. The van der Waals surface area contributed by atoms with Gasteiger partial charge in [-0.05, 0) is 37.6 Å². The first-order chi connectivity index (χ1) is 16.8. The van der Waals surface area contributed by atoms with Gasteiger partial charge in [0.15, 0.2) is 11.7 Å². The van der Waals surface area contributed by atoms with Crippen molar-refractivity contribution in [1.29, 1.82) is 0 Å². The predicted molar refractivity (Wildman–Crippen MR) is 124 cm³/mol. The Labute approximate surface area is 204 Å². The molecule has 0 aliphatic rings. The number of anilines is 1. The second-order valence-electron chi connectivity index (χ2n) is 7.08. The van der Waals surface area contributed by atoms with Gasteiger partial charge in [-0.2, -0.15) is 8.78 Å². The maximum atomic E-state index is 13.1. The van der Waals surface area contributed by atoms with Gasteiger partial charge >= 0.3 is 18.6 Å². The van der Waals surface area contributed by atoms with E-state index in [1.165, 1.54) is 23.1 Å². The van der Waals surface area contributed by atoms with Crippen molar-refractivity contribution in [3.05, 3.63) is 76.3 Å². The van der Waals surface area contributed by atoms with E-state index >= 15 is 0 Å². The fourth-order valence-electron chi connectivity index (χ4n) is 3.00. The molecule has 1 heterocycles. The van der Waals surface area contributed by atoms with Crippen LogP contribution in [0.5, 0.6) is 5.75 Å². The smallest absolute Gasteiger partial charge is 0.387 e. The van der Waals surface area contributed by atoms with Gasteiger partial charge < -0.3 is 14.2 Å². The highest BCUT2D eigenvalue weighted by molar-refractivity contribution is 7.17. The third kappa shape index (κ3) is 7.06. The standard InChI is InChI=1S/C24H22F2N2O6S/c1-3-32-22(31)20-15(2)27-24(35-20)28(13-16-8-5-4-6-9-16)19(29)14-33-21(30)17-10-7-11-18(12-17)34-23(25)26/h4-12,23H,3,13-14H2,1-2H3. The van der Waals surface area contributed by atoms with Crippen molar-refractivity contribution >= 4 is 34.3 Å². The molecule has 35 heavy (non-hydrogen) atoms. The van der Waals surface area contributed by atoms with Crippen LogP contribution in [0.3, 0.4) is 0 Å². The van der Waals surface area contributed by atoms with Crippen LogP contribution in [0.1, 0.15) is 38.2 Å². The number of alkyl halides is 2. The Bertz CT molecular complexity index is 1190. The summed E-state index contributed by atoms with van der Waals surface area (Å²) in [4.78, 5) is 43.6. The highest BCUT2D eigenvalue weighted by Crippen LogP contribution is 2.28. The third-order valence-electron chi connectivity index (χ3n) is 4.58. The molecule has 0 aliphatic heterocycles. The van der Waals surface area contributed by atoms with Gasteiger partial charge in [0.05, 0.1) is 24.4 Å². The van der Waals surface area contributed by atoms with Gasteiger partial charge in [0, 0.05) is 0 Å². The average molecular weight is 505 g/mol. The molecule has 2 aromatic carbocycles. The molecular formula is C24H22F2N2O6S. The topological polar surface area (TPSA) is 95.0 Å². The Hall–Kier alpha value is -3.86. The molecule has 8 nitrogen and oxygen atoms in total. The molecule has 0 radical (unpaired) electrons. The number of amides is 1. The first kappa shape index (κ1) is 25.8. The Morgan fingerprint density at radius 3 is 2.46 bits per heavy atom. The number of rotatable bonds is 10. The van der Waals surface area contributed by atoms with Crippen molar-refractivity contribution in [3.63, 3.8) is 0 Å². The van der Waals surface area contributed by atoms with Crippen molar-refractivity contribution < 1.29 is 37.4 Å². The molecule has 0 atom stereocenters. The molecule has 0 saturated carbocycles. The molecule has 0 bridgehead atoms. The number of esters is 2. The Morgan fingerprint density at radius 1 is 1.03 bits per heavy atom. The summed E-state index contributed by atoms with van der Waals surface area (Å²) >= 11 is 0.993. The molecule has 1 aromatic heterocycles. The van der Waals surface area contributed by atoms with Crippen LogP contribution in [0.15, 0.2) is 54.6 Å². The monoisotopic (exact) mass is 504 g/mol. The number of halogens is 2. The van der Waals surface area contributed by atoms with E-state index in [0.29, 0.717) is 5.69 Å². The molecule has 11 heteroatoms. The van der Waals surface area contributed by atoms with Crippen LogP contribution in [-0.4, -0.2) is 42.7 Å². The van der Waals surface area contributed by atoms with Crippen molar-refractivity contribution in [2.45, 2.75) is 27.0 Å². The van der Waals surface area contributed by atoms with E-state index in [1.54, 1.807) is 13.8 Å². The largest absolute Gasteiger partial charge is 0.462 e. The molecule has 0 fully saturated rings. The SMILES string of the molecule is CCOC(=O)c1sc(N(Cc2ccccc2)C(=O)COC(=O)c2cccc(OC(F)F)c2)nc1C. The molecule has 1 amide bonds. The molecule has 0 unspecified atom stereocenters. The van der Waals surface area contributed by atoms with Crippen LogP contribution in [0, 0.1) is 6.92 Å². The van der Waals surface area contributed by atoms with Crippen LogP contribution in [0.2, 0.25) is 0 Å². The molecule has 3 aromatic rings. The van der Waals surface area contributed by atoms with Gasteiger partial charge in [-0.25, -0.2) is 14.6 Å². The summed E-state index contributed by atoms with van der Waals surface area (Å²) in [5.74, 6) is -2.24. The number of aryl methyl sites for hydroxylation is 1. The first-order valence-corrected chi connectivity index (χ1v) is 11.3. The molecule has 0 saturated heterocycles. The van der Waals surface area contributed by atoms with Gasteiger partial charge in [-0.1, -0.05) is 47.7 Å². The normalized spacial score (nSPS) is 10.7. The van der Waals surface area contributed by atoms with E-state index in [-0.39, 0.29) is 34.5 Å². The molecule has 0 spiro atoms. The van der Waals surface area contributed by atoms with Gasteiger partial charge in [0.25, 0.3) is 5.91 Å². The van der Waals surface area contributed by atoms with E-state index in [9.17, 15) is 23.2 Å². The van der Waals surface area contributed by atoms with Gasteiger partial charge in [0.1, 0.15) is 10.6 Å². The fourth-order valence-corrected chi connectivity index (χ4v) is 3.98. The number of carbonyl (C=O) groups excluding carboxylic acids is 3. The third-order valence-corrected chi connectivity index (χ3v) is 5.74. The number of aromatic nitrogens is 1. The van der Waals surface area contributed by atoms with Crippen LogP contribution in [-0.2, 0) is 20.8 Å². The van der Waals surface area contributed by atoms with Crippen molar-refractivity contribution in [1.82, 2.24) is 4.98 Å². The van der Waals surface area contributed by atoms with E-state index < -0.39 is 31.1 Å². The maximum absolute atomic E-state index is 13.1. The summed E-state index contributed by atoms with van der Waals surface area (Å²) in [6, 6.07) is 14.1. The lowest BCUT2D eigenvalue weighted by molar-refractivity contribution is -0.121. The van der Waals surface area contributed by atoms with Crippen LogP contribution in [0.25, 0.3) is 0 Å². The Kier molecular flexibility index (Phi) is 8.85. The maximum Gasteiger partial charge on any atom is 0.387 e. The Morgan fingerprint density at radius 2 is 1.77 bits per heavy atom. The summed E-state index contributed by atoms with van der Waals surface area (Å²) in [6.07, 6.45) is 0. The van der Waals surface area contributed by atoms with Gasteiger partial charge in [-0.3, -0.25) is 9.69 Å². The fraction of sp³-hybridized carbons (Fsp3) is 0.250. The predicted octanol–water partition coefficient (Wildman–Crippen LogP) is 4.62. The molecule has 3 rings (SSSR count). The summed E-state index contributed by atoms with van der Waals surface area (Å²) in [7, 11) is 0. The van der Waals surface area contributed by atoms with E-state index in [4.69, 9.17) is 9.47 Å². The summed E-state index contributed by atoms with van der Waals surface area (Å²) in [5.41, 5.74) is 1.14. The lowest BCUT2D eigenvalue weighted by Gasteiger charge is -2.20. The number of hydrogen-bond acceptors (Lipinski definition) is 8. The highest BCUT2D eigenvalue weighted by Gasteiger charge is 2.25. The van der Waals surface area contributed by atoms with Gasteiger partial charge in [-0.15, -0.1) is 0 Å². The number of nitrogens with zero attached hydrogens (tertiary/aromatic N) is 2. The first-order valence-electron chi connectivity index (χ1n) is 10.5. The summed E-state index contributed by atoms with van der Waals surface area (Å²) in [6.45, 7) is -0.0628. The molecule has 0 aliphatic carbocycles. The van der Waals surface area contributed by atoms with E-state index in [2.05, 4.69) is 9.72 Å². The van der Waals surface area contributed by atoms with Crippen molar-refractivity contribution in [3.8, 4) is 5.75 Å². The van der Waals surface area contributed by atoms with Crippen LogP contribution >= 0.6 is 11.3 Å². The van der Waals surface area contributed by atoms with Crippen LogP contribution in [0.4, 0.5) is 13.9 Å². The second-order valence-corrected chi connectivity index (χ2v) is 8.06. The van der Waals surface area contributed by atoms with Crippen molar-refractivity contribution in [2.24, 2.45) is 0 Å². The zero-order valence-corrected chi connectivity index (χ0v) is 19.7. The quantitative estimate of drug-likeness (QED) is 0.372. The average Bonchev–Trinajstić information content (AvgIpc) is 3.22. The van der Waals surface area contributed by atoms with E-state index in [1.807, 2.05) is 30.3 Å². The second kappa shape index (κ2) is 12.0. The minimum Gasteiger partial charge on any atom is -0.462 e. The number of benzene rings is 2. The molecule has 184 valence electrons. The van der Waals surface area contributed by atoms with Crippen molar-refractivity contribution in [2.75, 3.05) is 18.1 Å². The zero-order chi connectivity index (χ0) is 25.4. The molecule has 0 N–H and O–H groups in total. The summed E-state index contributed by atoms with van der Waals surface area (Å²) in [5, 5.41) is 0.239. The molecular weight excluding hydrogens is 482 g/mol. The van der Waals surface area contributed by atoms with Gasteiger partial charge in [0.2, 0.25) is 0 Å². The van der Waals surface area contributed by atoms with Crippen LogP contribution < -0.4 is 9.64 Å². The minimum atomic E-state index is -3.05. The highest BCUT2D eigenvalue weighted by atomic mass is 32.1. The minimum absolute atomic E-state index is 0.0553. The summed E-state index contributed by atoms with van der Waals surface area (Å²) < 4.78 is 39.3. The number of carbonyl (C=O) groups is 3. The number of hydrogen-bond donors (Lipinski definition) is 0. The van der Waals surface area contributed by atoms with E-state index in [0.717, 1.165) is 23.0 Å². The Balaban J connectivity index is 1.78.